The van der Waals surface area contributed by atoms with Crippen LogP contribution in [0.5, 0.6) is 0 Å². The van der Waals surface area contributed by atoms with Gasteiger partial charge in [-0.05, 0) is 55.2 Å². The molecule has 2 aliphatic heterocycles. The molecule has 1 aromatic carbocycles. The molecule has 1 saturated heterocycles. The molecule has 0 bridgehead atoms. The van der Waals surface area contributed by atoms with Crippen LogP contribution in [-0.4, -0.2) is 45.7 Å². The van der Waals surface area contributed by atoms with E-state index in [4.69, 9.17) is 0 Å². The summed E-state index contributed by atoms with van der Waals surface area (Å²) in [4.78, 5) is 4.77. The van der Waals surface area contributed by atoms with Gasteiger partial charge in [0.15, 0.2) is 5.82 Å². The molecule has 0 N–H and O–H groups in total. The van der Waals surface area contributed by atoms with Crippen LogP contribution in [0.4, 0.5) is 15.9 Å². The molecule has 6 nitrogen and oxygen atoms in total. The Hall–Kier alpha value is -2.96. The smallest absolute Gasteiger partial charge is 0.151 e. The first-order chi connectivity index (χ1) is 13.7. The standard InChI is InChI=1S/C21H23FN6/c1-26-14-16(13-23-26)19-3-5-21(25-24-19)27-9-7-18(8-10-27)28-11-6-15-12-17(22)2-4-20(15)28/h2-5,12-14,18H,6-11H2,1H3. The number of aryl methyl sites for hydroxylation is 1. The van der Waals surface area contributed by atoms with Gasteiger partial charge < -0.3 is 9.80 Å². The second-order valence-electron chi connectivity index (χ2n) is 7.61. The van der Waals surface area contributed by atoms with Gasteiger partial charge in [0.1, 0.15) is 5.82 Å². The second kappa shape index (κ2) is 6.89. The number of aromatic nitrogens is 4. The van der Waals surface area contributed by atoms with Gasteiger partial charge in [0.05, 0.1) is 11.9 Å². The first kappa shape index (κ1) is 17.2. The molecule has 2 aromatic heterocycles. The predicted molar refractivity (Wildman–Crippen MR) is 107 cm³/mol. The molecule has 3 aromatic rings. The van der Waals surface area contributed by atoms with Gasteiger partial charge in [0, 0.05) is 50.2 Å². The minimum atomic E-state index is -0.135. The summed E-state index contributed by atoms with van der Waals surface area (Å²) in [6.07, 6.45) is 6.82. The monoisotopic (exact) mass is 378 g/mol. The summed E-state index contributed by atoms with van der Waals surface area (Å²) in [5, 5.41) is 13.0. The molecule has 0 atom stereocenters. The van der Waals surface area contributed by atoms with Gasteiger partial charge in [-0.1, -0.05) is 0 Å². The highest BCUT2D eigenvalue weighted by molar-refractivity contribution is 5.60. The fourth-order valence-electron chi connectivity index (χ4n) is 4.38. The number of piperidine rings is 1. The molecule has 4 heterocycles. The van der Waals surface area contributed by atoms with Gasteiger partial charge in [0.25, 0.3) is 0 Å². The average molecular weight is 378 g/mol. The van der Waals surface area contributed by atoms with Crippen LogP contribution in [0.25, 0.3) is 11.3 Å². The Balaban J connectivity index is 1.24. The van der Waals surface area contributed by atoms with Crippen molar-refractivity contribution in [2.24, 2.45) is 7.05 Å². The summed E-state index contributed by atoms with van der Waals surface area (Å²) >= 11 is 0. The fraction of sp³-hybridized carbons (Fsp3) is 0.381. The highest BCUT2D eigenvalue weighted by atomic mass is 19.1. The third-order valence-electron chi connectivity index (χ3n) is 5.85. The Labute approximate surface area is 163 Å². The zero-order chi connectivity index (χ0) is 19.1. The van der Waals surface area contributed by atoms with Crippen LogP contribution in [0.3, 0.4) is 0 Å². The van der Waals surface area contributed by atoms with Gasteiger partial charge in [0.2, 0.25) is 0 Å². The predicted octanol–water partition coefficient (Wildman–Crippen LogP) is 3.05. The van der Waals surface area contributed by atoms with Crippen molar-refractivity contribution in [1.29, 1.82) is 0 Å². The highest BCUT2D eigenvalue weighted by Crippen LogP contribution is 2.33. The summed E-state index contributed by atoms with van der Waals surface area (Å²) in [5.74, 6) is 0.790. The van der Waals surface area contributed by atoms with Gasteiger partial charge in [-0.25, -0.2) is 4.39 Å². The van der Waals surface area contributed by atoms with Crippen LogP contribution >= 0.6 is 0 Å². The number of benzene rings is 1. The molecule has 7 heteroatoms. The Kier molecular flexibility index (Phi) is 4.22. The normalized spacial score (nSPS) is 17.2. The Morgan fingerprint density at radius 2 is 1.89 bits per heavy atom. The van der Waals surface area contributed by atoms with E-state index in [1.54, 1.807) is 23.0 Å². The van der Waals surface area contributed by atoms with Crippen molar-refractivity contribution >= 4 is 11.5 Å². The molecular weight excluding hydrogens is 355 g/mol. The number of nitrogens with zero attached hydrogens (tertiary/aromatic N) is 6. The maximum absolute atomic E-state index is 13.5. The molecule has 1 fully saturated rings. The van der Waals surface area contributed by atoms with Crippen molar-refractivity contribution in [3.8, 4) is 11.3 Å². The van der Waals surface area contributed by atoms with Crippen molar-refractivity contribution in [3.63, 3.8) is 0 Å². The molecule has 0 saturated carbocycles. The van der Waals surface area contributed by atoms with Gasteiger partial charge in [-0.2, -0.15) is 5.10 Å². The minimum Gasteiger partial charge on any atom is -0.368 e. The van der Waals surface area contributed by atoms with Gasteiger partial charge in [-0.15, -0.1) is 10.2 Å². The summed E-state index contributed by atoms with van der Waals surface area (Å²) < 4.78 is 15.2. The van der Waals surface area contributed by atoms with E-state index in [-0.39, 0.29) is 5.82 Å². The topological polar surface area (TPSA) is 50.1 Å². The number of anilines is 2. The van der Waals surface area contributed by atoms with E-state index in [2.05, 4.69) is 25.1 Å². The van der Waals surface area contributed by atoms with E-state index in [1.165, 1.54) is 5.69 Å². The minimum absolute atomic E-state index is 0.135. The lowest BCUT2D eigenvalue weighted by molar-refractivity contribution is 0.469. The molecule has 144 valence electrons. The number of rotatable bonds is 3. The number of hydrogen-bond donors (Lipinski definition) is 0. The van der Waals surface area contributed by atoms with Gasteiger partial charge >= 0.3 is 0 Å². The Morgan fingerprint density at radius 1 is 1.04 bits per heavy atom. The largest absolute Gasteiger partial charge is 0.368 e. The maximum atomic E-state index is 13.5. The zero-order valence-corrected chi connectivity index (χ0v) is 15.9. The number of halogens is 1. The lowest BCUT2D eigenvalue weighted by Gasteiger charge is -2.38. The lowest BCUT2D eigenvalue weighted by atomic mass is 10.0. The first-order valence-corrected chi connectivity index (χ1v) is 9.80. The summed E-state index contributed by atoms with van der Waals surface area (Å²) in [6, 6.07) is 9.76. The van der Waals surface area contributed by atoms with Crippen LogP contribution in [-0.2, 0) is 13.5 Å². The van der Waals surface area contributed by atoms with Crippen LogP contribution in [0.15, 0.2) is 42.7 Å². The Morgan fingerprint density at radius 3 is 2.61 bits per heavy atom. The van der Waals surface area contributed by atoms with Crippen molar-refractivity contribution in [1.82, 2.24) is 20.0 Å². The molecule has 0 aliphatic carbocycles. The highest BCUT2D eigenvalue weighted by Gasteiger charge is 2.29. The third kappa shape index (κ3) is 3.10. The third-order valence-corrected chi connectivity index (χ3v) is 5.85. The van der Waals surface area contributed by atoms with Crippen LogP contribution in [0, 0.1) is 5.82 Å². The van der Waals surface area contributed by atoms with E-state index in [9.17, 15) is 4.39 Å². The average Bonchev–Trinajstić information content (AvgIpc) is 3.34. The quantitative estimate of drug-likeness (QED) is 0.701. The van der Waals surface area contributed by atoms with E-state index in [1.807, 2.05) is 31.4 Å². The molecule has 0 amide bonds. The van der Waals surface area contributed by atoms with Crippen LogP contribution in [0.1, 0.15) is 18.4 Å². The van der Waals surface area contributed by atoms with E-state index < -0.39 is 0 Å². The van der Waals surface area contributed by atoms with Crippen molar-refractivity contribution in [2.45, 2.75) is 25.3 Å². The van der Waals surface area contributed by atoms with Crippen molar-refractivity contribution in [3.05, 3.63) is 54.1 Å². The van der Waals surface area contributed by atoms with Crippen molar-refractivity contribution in [2.75, 3.05) is 29.4 Å². The number of fused-ring (bicyclic) bond motifs is 1. The second-order valence-corrected chi connectivity index (χ2v) is 7.61. The van der Waals surface area contributed by atoms with Gasteiger partial charge in [-0.3, -0.25) is 4.68 Å². The molecule has 28 heavy (non-hydrogen) atoms. The SMILES string of the molecule is Cn1cc(-c2ccc(N3CCC(N4CCc5cc(F)ccc54)CC3)nn2)cn1. The van der Waals surface area contributed by atoms with E-state index in [0.717, 1.165) is 61.5 Å². The first-order valence-electron chi connectivity index (χ1n) is 9.80. The molecular formula is C21H23FN6. The maximum Gasteiger partial charge on any atom is 0.151 e. The molecule has 0 spiro atoms. The summed E-state index contributed by atoms with van der Waals surface area (Å²) in [7, 11) is 1.89. The Bertz CT molecular complexity index is 975. The molecule has 2 aliphatic rings. The summed E-state index contributed by atoms with van der Waals surface area (Å²) in [6.45, 7) is 2.90. The summed E-state index contributed by atoms with van der Waals surface area (Å²) in [5.41, 5.74) is 4.16. The molecule has 0 unspecified atom stereocenters. The van der Waals surface area contributed by atoms with Crippen LogP contribution in [0.2, 0.25) is 0 Å². The van der Waals surface area contributed by atoms with E-state index in [0.29, 0.717) is 6.04 Å². The lowest BCUT2D eigenvalue weighted by Crippen LogP contribution is -2.44. The fourth-order valence-corrected chi connectivity index (χ4v) is 4.38. The molecule has 5 rings (SSSR count). The van der Waals surface area contributed by atoms with E-state index >= 15 is 0 Å². The molecule has 0 radical (unpaired) electrons. The van der Waals surface area contributed by atoms with Crippen LogP contribution < -0.4 is 9.80 Å². The number of hydrogen-bond acceptors (Lipinski definition) is 5. The zero-order valence-electron chi connectivity index (χ0n) is 15.9. The van der Waals surface area contributed by atoms with Crippen molar-refractivity contribution < 1.29 is 4.39 Å².